The lowest BCUT2D eigenvalue weighted by molar-refractivity contribution is 0.396. The van der Waals surface area contributed by atoms with Crippen LogP contribution in [0.1, 0.15) is 0 Å². The summed E-state index contributed by atoms with van der Waals surface area (Å²) in [5.74, 6) is 0.702. The maximum Gasteiger partial charge on any atom is 0.252 e. The molecule has 0 amide bonds. The minimum absolute atomic E-state index is 0.216. The summed E-state index contributed by atoms with van der Waals surface area (Å²) < 4.78 is 10.5. The number of benzene rings is 1. The van der Waals surface area contributed by atoms with Crippen LogP contribution in [0.15, 0.2) is 30.3 Å². The highest BCUT2D eigenvalue weighted by Gasteiger charge is 2.16. The van der Waals surface area contributed by atoms with Gasteiger partial charge < -0.3 is 9.05 Å². The molecule has 0 saturated heterocycles. The van der Waals surface area contributed by atoms with Crippen molar-refractivity contribution in [2.45, 2.75) is 0 Å². The quantitative estimate of drug-likeness (QED) is 0.591. The highest BCUT2D eigenvalue weighted by Crippen LogP contribution is 2.48. The summed E-state index contributed by atoms with van der Waals surface area (Å²) in [7, 11) is 1.52. The molecule has 0 radical (unpaired) electrons. The van der Waals surface area contributed by atoms with Crippen molar-refractivity contribution in [1.82, 2.24) is 0 Å². The third-order valence-electron chi connectivity index (χ3n) is 1.41. The topological polar surface area (TPSA) is 18.5 Å². The molecule has 0 aromatic heterocycles. The van der Waals surface area contributed by atoms with Crippen LogP contribution in [0.5, 0.6) is 5.75 Å². The number of para-hydroxylation sites is 1. The summed E-state index contributed by atoms with van der Waals surface area (Å²) >= 11 is 10.8. The van der Waals surface area contributed by atoms with Gasteiger partial charge in [-0.3, -0.25) is 0 Å². The average molecular weight is 237 g/mol. The van der Waals surface area contributed by atoms with Crippen LogP contribution in [-0.2, 0) is 16.3 Å². The van der Waals surface area contributed by atoms with Gasteiger partial charge in [-0.05, 0) is 23.9 Å². The molecule has 72 valence electrons. The zero-order valence-electron chi connectivity index (χ0n) is 7.14. The lowest BCUT2D eigenvalue weighted by Crippen LogP contribution is -1.95. The fourth-order valence-electron chi connectivity index (χ4n) is 0.752. The van der Waals surface area contributed by atoms with Crippen LogP contribution in [0.2, 0.25) is 0 Å². The van der Waals surface area contributed by atoms with Gasteiger partial charge in [0.05, 0.1) is 0 Å². The van der Waals surface area contributed by atoms with Crippen molar-refractivity contribution in [3.05, 3.63) is 30.3 Å². The molecule has 0 spiro atoms. The molecule has 13 heavy (non-hydrogen) atoms. The second-order valence-electron chi connectivity index (χ2n) is 2.32. The first kappa shape index (κ1) is 11.0. The first-order valence-electron chi connectivity index (χ1n) is 3.65. The maximum atomic E-state index is 5.65. The third kappa shape index (κ3) is 3.28. The number of hydrogen-bond donors (Lipinski definition) is 0. The Morgan fingerprint density at radius 1 is 1.38 bits per heavy atom. The van der Waals surface area contributed by atoms with Gasteiger partial charge >= 0.3 is 0 Å². The van der Waals surface area contributed by atoms with Crippen molar-refractivity contribution in [1.29, 1.82) is 0 Å². The van der Waals surface area contributed by atoms with Gasteiger partial charge in [-0.1, -0.05) is 18.2 Å². The monoisotopic (exact) mass is 236 g/mol. The summed E-state index contributed by atoms with van der Waals surface area (Å²) in [5, 5.41) is 0. The van der Waals surface area contributed by atoms with E-state index in [1.54, 1.807) is 0 Å². The first-order valence-corrected chi connectivity index (χ1v) is 7.01. The second kappa shape index (κ2) is 4.97. The lowest BCUT2D eigenvalue weighted by Gasteiger charge is -2.18. The molecule has 5 heteroatoms. The molecule has 0 aliphatic heterocycles. The molecule has 1 aromatic carbocycles. The molecule has 1 rings (SSSR count). The SMILES string of the molecule is COP(=S)(CCl)Oc1ccccc1. The highest BCUT2D eigenvalue weighted by atomic mass is 35.5. The Kier molecular flexibility index (Phi) is 4.20. The molecule has 0 heterocycles. The van der Waals surface area contributed by atoms with E-state index in [1.807, 2.05) is 30.3 Å². The van der Waals surface area contributed by atoms with Crippen LogP contribution in [0.25, 0.3) is 0 Å². The smallest absolute Gasteiger partial charge is 0.252 e. The van der Waals surface area contributed by atoms with Gasteiger partial charge in [0, 0.05) is 7.11 Å². The van der Waals surface area contributed by atoms with E-state index < -0.39 is 6.49 Å². The van der Waals surface area contributed by atoms with Crippen LogP contribution in [-0.4, -0.2) is 12.7 Å². The van der Waals surface area contributed by atoms with E-state index >= 15 is 0 Å². The summed E-state index contributed by atoms with van der Waals surface area (Å²) in [6.45, 7) is -2.30. The van der Waals surface area contributed by atoms with Crippen molar-refractivity contribution in [2.75, 3.05) is 12.7 Å². The number of halogens is 1. The van der Waals surface area contributed by atoms with Crippen molar-refractivity contribution in [3.63, 3.8) is 0 Å². The Morgan fingerprint density at radius 3 is 2.46 bits per heavy atom. The van der Waals surface area contributed by atoms with Crippen molar-refractivity contribution < 1.29 is 9.05 Å². The predicted molar refractivity (Wildman–Crippen MR) is 59.1 cm³/mol. The van der Waals surface area contributed by atoms with E-state index in [9.17, 15) is 0 Å². The van der Waals surface area contributed by atoms with Gasteiger partial charge in [0.1, 0.15) is 11.4 Å². The van der Waals surface area contributed by atoms with Crippen LogP contribution in [0, 0.1) is 0 Å². The molecule has 1 aromatic rings. The summed E-state index contributed by atoms with van der Waals surface area (Å²) in [6.07, 6.45) is 0. The number of hydrogen-bond acceptors (Lipinski definition) is 3. The summed E-state index contributed by atoms with van der Waals surface area (Å²) in [5.41, 5.74) is 0.216. The van der Waals surface area contributed by atoms with Gasteiger partial charge in [-0.15, -0.1) is 11.6 Å². The summed E-state index contributed by atoms with van der Waals surface area (Å²) in [6, 6.07) is 9.31. The molecule has 1 atom stereocenters. The zero-order valence-corrected chi connectivity index (χ0v) is 9.61. The van der Waals surface area contributed by atoms with E-state index in [0.717, 1.165) is 0 Å². The molecule has 2 nitrogen and oxygen atoms in total. The Hall–Kier alpha value is -0.0800. The molecule has 0 fully saturated rings. The maximum absolute atomic E-state index is 5.65. The average Bonchev–Trinajstić information content (AvgIpc) is 2.19. The zero-order chi connectivity index (χ0) is 9.73. The van der Waals surface area contributed by atoms with Gasteiger partial charge in [0.2, 0.25) is 0 Å². The van der Waals surface area contributed by atoms with E-state index in [-0.39, 0.29) is 5.62 Å². The molecular formula is C8H10ClO2PS. The van der Waals surface area contributed by atoms with Crippen LogP contribution < -0.4 is 4.52 Å². The normalized spacial score (nSPS) is 14.9. The molecule has 0 aliphatic rings. The Labute approximate surface area is 88.0 Å². The Bertz CT molecular complexity index is 296. The van der Waals surface area contributed by atoms with E-state index in [2.05, 4.69) is 0 Å². The lowest BCUT2D eigenvalue weighted by atomic mass is 10.3. The second-order valence-corrected chi connectivity index (χ2v) is 6.71. The molecule has 0 aliphatic carbocycles. The fraction of sp³-hybridized carbons (Fsp3) is 0.250. The van der Waals surface area contributed by atoms with Gasteiger partial charge in [-0.2, -0.15) is 0 Å². The van der Waals surface area contributed by atoms with Crippen molar-refractivity contribution >= 4 is 29.9 Å². The van der Waals surface area contributed by atoms with Crippen LogP contribution in [0.3, 0.4) is 0 Å². The molecular weight excluding hydrogens is 227 g/mol. The molecule has 0 bridgehead atoms. The predicted octanol–water partition coefficient (Wildman–Crippen LogP) is 3.22. The number of rotatable bonds is 4. The molecule has 1 unspecified atom stereocenters. The minimum Gasteiger partial charge on any atom is -0.442 e. The van der Waals surface area contributed by atoms with Crippen LogP contribution >= 0.6 is 18.1 Å². The first-order chi connectivity index (χ1) is 6.20. The standard InChI is InChI=1S/C8H10ClO2PS/c1-10-12(13,7-9)11-8-5-3-2-4-6-8/h2-6H,7H2,1H3. The van der Waals surface area contributed by atoms with Gasteiger partial charge in [0.25, 0.3) is 6.49 Å². The van der Waals surface area contributed by atoms with E-state index in [0.29, 0.717) is 5.75 Å². The third-order valence-corrected chi connectivity index (χ3v) is 5.18. The molecule has 0 N–H and O–H groups in total. The fourth-order valence-corrected chi connectivity index (χ4v) is 2.11. The van der Waals surface area contributed by atoms with Crippen LogP contribution in [0.4, 0.5) is 0 Å². The molecule has 0 saturated carbocycles. The Balaban J connectivity index is 2.74. The van der Waals surface area contributed by atoms with Gasteiger partial charge in [0.15, 0.2) is 0 Å². The van der Waals surface area contributed by atoms with Crippen molar-refractivity contribution in [3.8, 4) is 5.75 Å². The highest BCUT2D eigenvalue weighted by molar-refractivity contribution is 8.10. The van der Waals surface area contributed by atoms with Gasteiger partial charge in [-0.25, -0.2) is 0 Å². The van der Waals surface area contributed by atoms with E-state index in [1.165, 1.54) is 7.11 Å². The number of alkyl halides is 1. The largest absolute Gasteiger partial charge is 0.442 e. The van der Waals surface area contributed by atoms with E-state index in [4.69, 9.17) is 32.5 Å². The van der Waals surface area contributed by atoms with Crippen molar-refractivity contribution in [2.24, 2.45) is 0 Å². The summed E-state index contributed by atoms with van der Waals surface area (Å²) in [4.78, 5) is 0. The Morgan fingerprint density at radius 2 is 2.00 bits per heavy atom. The minimum atomic E-state index is -2.30.